The number of amides is 1. The van der Waals surface area contributed by atoms with Crippen molar-refractivity contribution in [3.05, 3.63) is 23.8 Å². The minimum atomic E-state index is -0.226. The topological polar surface area (TPSA) is 64.3 Å². The van der Waals surface area contributed by atoms with Gasteiger partial charge in [-0.1, -0.05) is 19.3 Å². The van der Waals surface area contributed by atoms with Crippen LogP contribution in [-0.4, -0.2) is 30.9 Å². The zero-order chi connectivity index (χ0) is 16.7. The second-order valence-corrected chi connectivity index (χ2v) is 7.57. The van der Waals surface area contributed by atoms with Gasteiger partial charge in [0.1, 0.15) is 0 Å². The zero-order valence-electron chi connectivity index (χ0n) is 14.1. The Hall–Kier alpha value is -1.04. The molecule has 4 nitrogen and oxygen atoms in total. The van der Waals surface area contributed by atoms with Gasteiger partial charge in [-0.15, -0.1) is 11.8 Å². The average molecular weight is 337 g/mol. The maximum Gasteiger partial charge on any atom is 0.227 e. The number of aryl methyl sites for hydroxylation is 1. The summed E-state index contributed by atoms with van der Waals surface area (Å²) in [7, 11) is 1.58. The zero-order valence-corrected chi connectivity index (χ0v) is 15.0. The first-order chi connectivity index (χ1) is 11.1. The molecule has 1 aliphatic rings. The summed E-state index contributed by atoms with van der Waals surface area (Å²) in [6.45, 7) is 2.39. The molecule has 1 unspecified atom stereocenters. The lowest BCUT2D eigenvalue weighted by Crippen LogP contribution is -2.28. The molecule has 0 saturated heterocycles. The maximum atomic E-state index is 12.0. The third-order valence-electron chi connectivity index (χ3n) is 4.34. The Morgan fingerprint density at radius 3 is 2.74 bits per heavy atom. The lowest BCUT2D eigenvalue weighted by molar-refractivity contribution is -0.118. The molecule has 0 heterocycles. The minimum Gasteiger partial charge on any atom is -0.380 e. The molecule has 1 fully saturated rings. The highest BCUT2D eigenvalue weighted by molar-refractivity contribution is 8.00. The standard InChI is InChI=1S/C18H28N2O2S/c1-13-10-16(23-15-6-4-3-5-7-15)8-9-17(13)20-18(21)11-14(12-19)22-2/h8-10,14-15H,3-7,11-12,19H2,1-2H3,(H,20,21). The van der Waals surface area contributed by atoms with E-state index in [-0.39, 0.29) is 18.4 Å². The van der Waals surface area contributed by atoms with Crippen LogP contribution in [0.15, 0.2) is 23.1 Å². The van der Waals surface area contributed by atoms with Crippen molar-refractivity contribution in [1.82, 2.24) is 0 Å². The lowest BCUT2D eigenvalue weighted by Gasteiger charge is -2.21. The van der Waals surface area contributed by atoms with Crippen molar-refractivity contribution >= 4 is 23.4 Å². The molecule has 1 aromatic rings. The summed E-state index contributed by atoms with van der Waals surface area (Å²) in [5, 5.41) is 3.70. The number of carbonyl (C=O) groups excluding carboxylic acids is 1. The van der Waals surface area contributed by atoms with E-state index in [4.69, 9.17) is 10.5 Å². The highest BCUT2D eigenvalue weighted by Gasteiger charge is 2.16. The molecule has 0 radical (unpaired) electrons. The largest absolute Gasteiger partial charge is 0.380 e. The molecular weight excluding hydrogens is 308 g/mol. The third-order valence-corrected chi connectivity index (χ3v) is 5.67. The van der Waals surface area contributed by atoms with Gasteiger partial charge in [-0.3, -0.25) is 4.79 Å². The minimum absolute atomic E-state index is 0.0573. The van der Waals surface area contributed by atoms with Gasteiger partial charge in [-0.2, -0.15) is 0 Å². The van der Waals surface area contributed by atoms with Crippen molar-refractivity contribution in [1.29, 1.82) is 0 Å². The van der Waals surface area contributed by atoms with Crippen molar-refractivity contribution in [3.8, 4) is 0 Å². The molecule has 23 heavy (non-hydrogen) atoms. The molecule has 1 atom stereocenters. The van der Waals surface area contributed by atoms with Gasteiger partial charge in [0.15, 0.2) is 0 Å². The number of hydrogen-bond acceptors (Lipinski definition) is 4. The van der Waals surface area contributed by atoms with Crippen LogP contribution in [0.2, 0.25) is 0 Å². The van der Waals surface area contributed by atoms with E-state index in [0.717, 1.165) is 16.5 Å². The fraction of sp³-hybridized carbons (Fsp3) is 0.611. The van der Waals surface area contributed by atoms with Crippen molar-refractivity contribution in [2.45, 2.75) is 61.7 Å². The predicted molar refractivity (Wildman–Crippen MR) is 97.0 cm³/mol. The number of thioether (sulfide) groups is 1. The number of nitrogens with one attached hydrogen (secondary N) is 1. The van der Waals surface area contributed by atoms with E-state index >= 15 is 0 Å². The van der Waals surface area contributed by atoms with Crippen LogP contribution < -0.4 is 11.1 Å². The number of nitrogens with two attached hydrogens (primary N) is 1. The molecule has 1 saturated carbocycles. The second-order valence-electron chi connectivity index (χ2n) is 6.20. The third kappa shape index (κ3) is 5.83. The van der Waals surface area contributed by atoms with Crippen LogP contribution >= 0.6 is 11.8 Å². The van der Waals surface area contributed by atoms with Crippen LogP contribution in [-0.2, 0) is 9.53 Å². The van der Waals surface area contributed by atoms with Crippen LogP contribution in [0.4, 0.5) is 5.69 Å². The van der Waals surface area contributed by atoms with Crippen LogP contribution in [0.3, 0.4) is 0 Å². The summed E-state index contributed by atoms with van der Waals surface area (Å²) in [6.07, 6.45) is 6.78. The first-order valence-electron chi connectivity index (χ1n) is 8.42. The van der Waals surface area contributed by atoms with E-state index in [9.17, 15) is 4.79 Å². The molecule has 1 aromatic carbocycles. The molecule has 2 rings (SSSR count). The highest BCUT2D eigenvalue weighted by atomic mass is 32.2. The monoisotopic (exact) mass is 336 g/mol. The Bertz CT molecular complexity index is 512. The van der Waals surface area contributed by atoms with Crippen molar-refractivity contribution in [2.75, 3.05) is 19.0 Å². The molecule has 0 spiro atoms. The van der Waals surface area contributed by atoms with Gasteiger partial charge in [-0.25, -0.2) is 0 Å². The molecular formula is C18H28N2O2S. The van der Waals surface area contributed by atoms with Gasteiger partial charge in [0, 0.05) is 29.5 Å². The summed E-state index contributed by atoms with van der Waals surface area (Å²) < 4.78 is 5.15. The Labute approximate surface area is 143 Å². The lowest BCUT2D eigenvalue weighted by atomic mass is 10.0. The van der Waals surface area contributed by atoms with E-state index in [1.54, 1.807) is 7.11 Å². The molecule has 0 bridgehead atoms. The molecule has 0 aliphatic heterocycles. The normalized spacial score (nSPS) is 17.0. The van der Waals surface area contributed by atoms with E-state index in [2.05, 4.69) is 17.4 Å². The smallest absolute Gasteiger partial charge is 0.227 e. The summed E-state index contributed by atoms with van der Waals surface area (Å²) in [5.74, 6) is -0.0573. The first-order valence-corrected chi connectivity index (χ1v) is 9.30. The SMILES string of the molecule is COC(CN)CC(=O)Nc1ccc(SC2CCCCC2)cc1C. The number of benzene rings is 1. The quantitative estimate of drug-likeness (QED) is 0.796. The summed E-state index contributed by atoms with van der Waals surface area (Å²) in [4.78, 5) is 13.3. The number of ether oxygens (including phenoxy) is 1. The van der Waals surface area contributed by atoms with E-state index in [0.29, 0.717) is 6.54 Å². The van der Waals surface area contributed by atoms with Gasteiger partial charge in [0.05, 0.1) is 12.5 Å². The molecule has 0 aromatic heterocycles. The first kappa shape index (κ1) is 18.3. The summed E-state index contributed by atoms with van der Waals surface area (Å²) >= 11 is 1.97. The maximum absolute atomic E-state index is 12.0. The average Bonchev–Trinajstić information content (AvgIpc) is 2.56. The fourth-order valence-corrected chi connectivity index (χ4v) is 4.24. The van der Waals surface area contributed by atoms with Gasteiger partial charge >= 0.3 is 0 Å². The number of rotatable bonds is 7. The number of anilines is 1. The van der Waals surface area contributed by atoms with Crippen LogP contribution in [0.5, 0.6) is 0 Å². The Kier molecular flexibility index (Phi) is 7.40. The van der Waals surface area contributed by atoms with E-state index in [1.165, 1.54) is 37.0 Å². The molecule has 5 heteroatoms. The molecule has 128 valence electrons. The predicted octanol–water partition coefficient (Wildman–Crippen LogP) is 3.72. The Balaban J connectivity index is 1.92. The summed E-state index contributed by atoms with van der Waals surface area (Å²) in [6, 6.07) is 6.28. The second kappa shape index (κ2) is 9.30. The Morgan fingerprint density at radius 1 is 1.39 bits per heavy atom. The highest BCUT2D eigenvalue weighted by Crippen LogP contribution is 2.34. The van der Waals surface area contributed by atoms with E-state index < -0.39 is 0 Å². The number of carbonyl (C=O) groups is 1. The van der Waals surface area contributed by atoms with Gasteiger partial charge in [-0.05, 0) is 43.5 Å². The van der Waals surface area contributed by atoms with Crippen molar-refractivity contribution in [3.63, 3.8) is 0 Å². The number of methoxy groups -OCH3 is 1. The van der Waals surface area contributed by atoms with Crippen molar-refractivity contribution in [2.24, 2.45) is 5.73 Å². The Morgan fingerprint density at radius 2 is 2.13 bits per heavy atom. The van der Waals surface area contributed by atoms with Gasteiger partial charge < -0.3 is 15.8 Å². The summed E-state index contributed by atoms with van der Waals surface area (Å²) in [5.41, 5.74) is 7.52. The van der Waals surface area contributed by atoms with Gasteiger partial charge in [0.2, 0.25) is 5.91 Å². The molecule has 1 aliphatic carbocycles. The van der Waals surface area contributed by atoms with Crippen LogP contribution in [0.25, 0.3) is 0 Å². The van der Waals surface area contributed by atoms with Crippen LogP contribution in [0.1, 0.15) is 44.1 Å². The van der Waals surface area contributed by atoms with Crippen LogP contribution in [0, 0.1) is 6.92 Å². The van der Waals surface area contributed by atoms with E-state index in [1.807, 2.05) is 24.8 Å². The van der Waals surface area contributed by atoms with Gasteiger partial charge in [0.25, 0.3) is 0 Å². The van der Waals surface area contributed by atoms with Crippen molar-refractivity contribution < 1.29 is 9.53 Å². The molecule has 3 N–H and O–H groups in total. The fourth-order valence-electron chi connectivity index (χ4n) is 2.90. The molecule has 1 amide bonds. The number of hydrogen-bond donors (Lipinski definition) is 2.